The Kier molecular flexibility index (Phi) is 3.47. The molecule has 1 aliphatic heterocycles. The second kappa shape index (κ2) is 5.42. The van der Waals surface area contributed by atoms with Gasteiger partial charge in [0.15, 0.2) is 5.65 Å². The SMILES string of the molecule is C=C(/C(=N\C)N[C@@H]1CCNC1)c1cnc2[nH]ccc2n1. The second-order valence-electron chi connectivity index (χ2n) is 4.85. The molecule has 0 bridgehead atoms. The van der Waals surface area contributed by atoms with Crippen LogP contribution in [-0.4, -0.2) is 47.0 Å². The van der Waals surface area contributed by atoms with Gasteiger partial charge in [-0.25, -0.2) is 9.97 Å². The van der Waals surface area contributed by atoms with Crippen molar-refractivity contribution in [2.24, 2.45) is 4.99 Å². The minimum Gasteiger partial charge on any atom is -0.366 e. The first-order valence-electron chi connectivity index (χ1n) is 6.72. The third-order valence-corrected chi connectivity index (χ3v) is 3.48. The summed E-state index contributed by atoms with van der Waals surface area (Å²) < 4.78 is 0. The molecule has 1 atom stereocenters. The van der Waals surface area contributed by atoms with E-state index in [9.17, 15) is 0 Å². The lowest BCUT2D eigenvalue weighted by Gasteiger charge is -2.16. The standard InChI is InChI=1S/C14H18N6/c1-9(13(15-2)19-10-3-5-16-7-10)12-8-18-14-11(20-12)4-6-17-14/h4,6,8,10,16H,1,3,5,7H2,2H3,(H,15,19)(H,17,18)/t10-/m1/s1. The Morgan fingerprint density at radius 2 is 2.45 bits per heavy atom. The van der Waals surface area contributed by atoms with Crippen molar-refractivity contribution < 1.29 is 0 Å². The molecule has 0 unspecified atom stereocenters. The van der Waals surface area contributed by atoms with E-state index in [1.54, 1.807) is 13.2 Å². The van der Waals surface area contributed by atoms with Crippen molar-refractivity contribution in [3.63, 3.8) is 0 Å². The zero-order valence-corrected chi connectivity index (χ0v) is 11.5. The molecule has 0 radical (unpaired) electrons. The fourth-order valence-electron chi connectivity index (χ4n) is 2.35. The largest absolute Gasteiger partial charge is 0.366 e. The maximum atomic E-state index is 4.55. The van der Waals surface area contributed by atoms with Crippen LogP contribution >= 0.6 is 0 Å². The number of aromatic amines is 1. The highest BCUT2D eigenvalue weighted by Gasteiger charge is 2.18. The van der Waals surface area contributed by atoms with Crippen LogP contribution in [0.1, 0.15) is 12.1 Å². The van der Waals surface area contributed by atoms with Crippen molar-refractivity contribution in [3.8, 4) is 0 Å². The van der Waals surface area contributed by atoms with Crippen LogP contribution in [0.2, 0.25) is 0 Å². The third kappa shape index (κ3) is 2.42. The van der Waals surface area contributed by atoms with E-state index in [1.165, 1.54) is 0 Å². The number of hydrogen-bond acceptors (Lipinski definition) is 4. The van der Waals surface area contributed by atoms with Crippen molar-refractivity contribution in [1.29, 1.82) is 0 Å². The molecule has 3 rings (SSSR count). The molecule has 0 spiro atoms. The summed E-state index contributed by atoms with van der Waals surface area (Å²) in [4.78, 5) is 16.2. The number of fused-ring (bicyclic) bond motifs is 1. The maximum Gasteiger partial charge on any atom is 0.156 e. The summed E-state index contributed by atoms with van der Waals surface area (Å²) in [6.45, 7) is 6.09. The number of nitrogens with one attached hydrogen (secondary N) is 3. The summed E-state index contributed by atoms with van der Waals surface area (Å²) in [6.07, 6.45) is 4.64. The van der Waals surface area contributed by atoms with E-state index in [-0.39, 0.29) is 0 Å². The number of amidine groups is 1. The van der Waals surface area contributed by atoms with Gasteiger partial charge in [-0.15, -0.1) is 0 Å². The monoisotopic (exact) mass is 270 g/mol. The van der Waals surface area contributed by atoms with Gasteiger partial charge < -0.3 is 15.6 Å². The fraction of sp³-hybridized carbons (Fsp3) is 0.357. The molecule has 0 saturated carbocycles. The number of nitrogens with zero attached hydrogens (tertiary/aromatic N) is 3. The molecule has 1 aliphatic rings. The van der Waals surface area contributed by atoms with Crippen LogP contribution in [0.3, 0.4) is 0 Å². The molecule has 2 aromatic rings. The molecular formula is C14H18N6. The van der Waals surface area contributed by atoms with Gasteiger partial charge >= 0.3 is 0 Å². The quantitative estimate of drug-likeness (QED) is 0.573. The lowest BCUT2D eigenvalue weighted by atomic mass is 10.1. The smallest absolute Gasteiger partial charge is 0.156 e. The summed E-state index contributed by atoms with van der Waals surface area (Å²) in [6, 6.07) is 2.30. The van der Waals surface area contributed by atoms with Crippen molar-refractivity contribution in [1.82, 2.24) is 25.6 Å². The molecular weight excluding hydrogens is 252 g/mol. The first-order chi connectivity index (χ1) is 9.78. The first-order valence-corrected chi connectivity index (χ1v) is 6.72. The van der Waals surface area contributed by atoms with Crippen molar-refractivity contribution >= 4 is 22.6 Å². The van der Waals surface area contributed by atoms with E-state index in [1.807, 2.05) is 12.3 Å². The molecule has 0 amide bonds. The van der Waals surface area contributed by atoms with Crippen LogP contribution in [-0.2, 0) is 0 Å². The normalized spacial score (nSPS) is 19.4. The van der Waals surface area contributed by atoms with Crippen molar-refractivity contribution in [3.05, 3.63) is 30.7 Å². The molecule has 20 heavy (non-hydrogen) atoms. The molecule has 2 aromatic heterocycles. The minimum atomic E-state index is 0.398. The lowest BCUT2D eigenvalue weighted by molar-refractivity contribution is 0.665. The number of aliphatic imine (C=N–C) groups is 1. The molecule has 0 aromatic carbocycles. The molecule has 6 heteroatoms. The Labute approximate surface area is 117 Å². The lowest BCUT2D eigenvalue weighted by Crippen LogP contribution is -2.36. The van der Waals surface area contributed by atoms with Gasteiger partial charge in [0.2, 0.25) is 0 Å². The highest BCUT2D eigenvalue weighted by molar-refractivity contribution is 6.21. The predicted molar refractivity (Wildman–Crippen MR) is 80.7 cm³/mol. The molecule has 3 heterocycles. The summed E-state index contributed by atoms with van der Waals surface area (Å²) >= 11 is 0. The van der Waals surface area contributed by atoms with E-state index in [0.29, 0.717) is 6.04 Å². The van der Waals surface area contributed by atoms with Gasteiger partial charge in [0, 0.05) is 31.4 Å². The van der Waals surface area contributed by atoms with Gasteiger partial charge in [-0.05, 0) is 19.0 Å². The van der Waals surface area contributed by atoms with Crippen LogP contribution in [0.25, 0.3) is 16.7 Å². The number of H-pyrrole nitrogens is 1. The van der Waals surface area contributed by atoms with E-state index in [4.69, 9.17) is 0 Å². The molecule has 1 saturated heterocycles. The highest BCUT2D eigenvalue weighted by atomic mass is 15.1. The average molecular weight is 270 g/mol. The van der Waals surface area contributed by atoms with Gasteiger partial charge in [-0.1, -0.05) is 6.58 Å². The molecule has 0 aliphatic carbocycles. The summed E-state index contributed by atoms with van der Waals surface area (Å²) in [5, 5.41) is 6.74. The van der Waals surface area contributed by atoms with Gasteiger partial charge in [-0.3, -0.25) is 4.99 Å². The van der Waals surface area contributed by atoms with Crippen molar-refractivity contribution in [2.75, 3.05) is 20.1 Å². The Balaban J connectivity index is 1.81. The zero-order valence-electron chi connectivity index (χ0n) is 11.5. The molecule has 3 N–H and O–H groups in total. The first kappa shape index (κ1) is 12.8. The third-order valence-electron chi connectivity index (χ3n) is 3.48. The Bertz CT molecular complexity index is 650. The molecule has 6 nitrogen and oxygen atoms in total. The van der Waals surface area contributed by atoms with E-state index < -0.39 is 0 Å². The fourth-order valence-corrected chi connectivity index (χ4v) is 2.35. The summed E-state index contributed by atoms with van der Waals surface area (Å²) in [7, 11) is 1.76. The number of rotatable bonds is 3. The summed E-state index contributed by atoms with van der Waals surface area (Å²) in [5.74, 6) is 0.780. The number of hydrogen-bond donors (Lipinski definition) is 3. The average Bonchev–Trinajstić information content (AvgIpc) is 3.14. The van der Waals surface area contributed by atoms with Crippen LogP contribution in [0, 0.1) is 0 Å². The van der Waals surface area contributed by atoms with E-state index in [2.05, 4.69) is 37.2 Å². The topological polar surface area (TPSA) is 78.0 Å². The second-order valence-corrected chi connectivity index (χ2v) is 4.85. The molecule has 1 fully saturated rings. The zero-order chi connectivity index (χ0) is 13.9. The maximum absolute atomic E-state index is 4.55. The Morgan fingerprint density at radius 3 is 3.20 bits per heavy atom. The number of aromatic nitrogens is 3. The predicted octanol–water partition coefficient (Wildman–Crippen LogP) is 0.951. The van der Waals surface area contributed by atoms with Crippen LogP contribution in [0.4, 0.5) is 0 Å². The van der Waals surface area contributed by atoms with Crippen molar-refractivity contribution in [2.45, 2.75) is 12.5 Å². The van der Waals surface area contributed by atoms with Crippen LogP contribution < -0.4 is 10.6 Å². The summed E-state index contributed by atoms with van der Waals surface area (Å²) in [5.41, 5.74) is 3.14. The Morgan fingerprint density at radius 1 is 1.55 bits per heavy atom. The Hall–Kier alpha value is -2.21. The van der Waals surface area contributed by atoms with Gasteiger partial charge in [-0.2, -0.15) is 0 Å². The van der Waals surface area contributed by atoms with Crippen LogP contribution in [0.15, 0.2) is 30.0 Å². The van der Waals surface area contributed by atoms with Gasteiger partial charge in [0.05, 0.1) is 11.9 Å². The van der Waals surface area contributed by atoms with E-state index >= 15 is 0 Å². The molecule has 104 valence electrons. The van der Waals surface area contributed by atoms with Gasteiger partial charge in [0.1, 0.15) is 11.4 Å². The van der Waals surface area contributed by atoms with Gasteiger partial charge in [0.25, 0.3) is 0 Å². The van der Waals surface area contributed by atoms with E-state index in [0.717, 1.165) is 47.8 Å². The minimum absolute atomic E-state index is 0.398. The van der Waals surface area contributed by atoms with Crippen LogP contribution in [0.5, 0.6) is 0 Å². The highest BCUT2D eigenvalue weighted by Crippen LogP contribution is 2.14.